The lowest BCUT2D eigenvalue weighted by Crippen LogP contribution is -2.26. The molecular weight excluding hydrogens is 342 g/mol. The van der Waals surface area contributed by atoms with E-state index in [0.29, 0.717) is 6.61 Å². The van der Waals surface area contributed by atoms with Gasteiger partial charge < -0.3 is 15.0 Å². The molecule has 5 heteroatoms. The Hall–Kier alpha value is -1.43. The molecule has 0 aliphatic rings. The summed E-state index contributed by atoms with van der Waals surface area (Å²) in [6.07, 6.45) is 3.59. The van der Waals surface area contributed by atoms with Crippen molar-refractivity contribution < 1.29 is 4.74 Å². The molecule has 118 valence electrons. The number of halogens is 1. The highest BCUT2D eigenvalue weighted by Crippen LogP contribution is 2.24. The van der Waals surface area contributed by atoms with Gasteiger partial charge in [0.1, 0.15) is 12.4 Å². The average Bonchev–Trinajstić information content (AvgIpc) is 2.51. The second-order valence-electron chi connectivity index (χ2n) is 5.38. The maximum absolute atomic E-state index is 5.95. The molecule has 22 heavy (non-hydrogen) atoms. The molecule has 0 spiro atoms. The third-order valence-corrected chi connectivity index (χ3v) is 3.68. The molecule has 0 saturated carbocycles. The Morgan fingerprint density at radius 2 is 2.14 bits per heavy atom. The molecule has 1 aromatic carbocycles. The van der Waals surface area contributed by atoms with Crippen LogP contribution >= 0.6 is 15.9 Å². The summed E-state index contributed by atoms with van der Waals surface area (Å²) in [5.74, 6) is 0.907. The Balaban J connectivity index is 1.94. The van der Waals surface area contributed by atoms with Gasteiger partial charge in [-0.1, -0.05) is 22.0 Å². The molecule has 0 unspecified atom stereocenters. The molecule has 0 fully saturated rings. The number of nitrogens with one attached hydrogen (secondary N) is 1. The molecular formula is C17H22BrN3O. The van der Waals surface area contributed by atoms with E-state index in [4.69, 9.17) is 4.74 Å². The SMILES string of the molecule is CN(C)CCNCc1cc(Br)ccc1OCc1cccnc1. The van der Waals surface area contributed by atoms with Crippen molar-refractivity contribution in [3.05, 3.63) is 58.3 Å². The highest BCUT2D eigenvalue weighted by atomic mass is 79.9. The summed E-state index contributed by atoms with van der Waals surface area (Å²) in [6.45, 7) is 3.28. The molecule has 0 bridgehead atoms. The van der Waals surface area contributed by atoms with E-state index in [9.17, 15) is 0 Å². The van der Waals surface area contributed by atoms with Gasteiger partial charge in [-0.15, -0.1) is 0 Å². The first kappa shape index (κ1) is 16.9. The summed E-state index contributed by atoms with van der Waals surface area (Å²) >= 11 is 3.52. The standard InChI is InChI=1S/C17H22BrN3O/c1-21(2)9-8-20-12-15-10-16(18)5-6-17(15)22-13-14-4-3-7-19-11-14/h3-7,10-11,20H,8-9,12-13H2,1-2H3. The Morgan fingerprint density at radius 1 is 1.27 bits per heavy atom. The zero-order chi connectivity index (χ0) is 15.8. The highest BCUT2D eigenvalue weighted by Gasteiger charge is 2.05. The van der Waals surface area contributed by atoms with Crippen molar-refractivity contribution in [2.75, 3.05) is 27.2 Å². The van der Waals surface area contributed by atoms with Gasteiger partial charge in [0.25, 0.3) is 0 Å². The van der Waals surface area contributed by atoms with E-state index >= 15 is 0 Å². The van der Waals surface area contributed by atoms with Crippen LogP contribution in [-0.2, 0) is 13.2 Å². The van der Waals surface area contributed by atoms with Gasteiger partial charge in [-0.25, -0.2) is 0 Å². The fraction of sp³-hybridized carbons (Fsp3) is 0.353. The summed E-state index contributed by atoms with van der Waals surface area (Å²) < 4.78 is 7.01. The molecule has 2 aromatic rings. The number of benzene rings is 1. The van der Waals surface area contributed by atoms with Gasteiger partial charge in [-0.05, 0) is 38.4 Å². The van der Waals surface area contributed by atoms with E-state index in [1.54, 1.807) is 6.20 Å². The maximum Gasteiger partial charge on any atom is 0.124 e. The van der Waals surface area contributed by atoms with Crippen LogP contribution in [0, 0.1) is 0 Å². The summed E-state index contributed by atoms with van der Waals surface area (Å²) in [7, 11) is 4.15. The van der Waals surface area contributed by atoms with Crippen LogP contribution in [0.15, 0.2) is 47.2 Å². The molecule has 0 aliphatic heterocycles. The first-order valence-electron chi connectivity index (χ1n) is 7.31. The van der Waals surface area contributed by atoms with Gasteiger partial charge in [0, 0.05) is 47.6 Å². The molecule has 0 saturated heterocycles. The van der Waals surface area contributed by atoms with Gasteiger partial charge in [0.2, 0.25) is 0 Å². The number of hydrogen-bond acceptors (Lipinski definition) is 4. The van der Waals surface area contributed by atoms with Crippen LogP contribution in [0.25, 0.3) is 0 Å². The molecule has 0 atom stereocenters. The first-order chi connectivity index (χ1) is 10.6. The van der Waals surface area contributed by atoms with Crippen molar-refractivity contribution in [2.45, 2.75) is 13.2 Å². The van der Waals surface area contributed by atoms with E-state index in [1.807, 2.05) is 30.5 Å². The molecule has 4 nitrogen and oxygen atoms in total. The third kappa shape index (κ3) is 5.75. The van der Waals surface area contributed by atoms with E-state index in [2.05, 4.69) is 51.3 Å². The fourth-order valence-corrected chi connectivity index (χ4v) is 2.41. The number of likely N-dealkylation sites (N-methyl/N-ethyl adjacent to an activating group) is 1. The lowest BCUT2D eigenvalue weighted by Gasteiger charge is -2.14. The predicted octanol–water partition coefficient (Wildman–Crippen LogP) is 3.07. The Morgan fingerprint density at radius 3 is 2.86 bits per heavy atom. The van der Waals surface area contributed by atoms with Crippen molar-refractivity contribution in [1.82, 2.24) is 15.2 Å². The largest absolute Gasteiger partial charge is 0.489 e. The minimum absolute atomic E-state index is 0.528. The number of nitrogens with zero attached hydrogens (tertiary/aromatic N) is 2. The fourth-order valence-electron chi connectivity index (χ4n) is 2.00. The number of pyridine rings is 1. The van der Waals surface area contributed by atoms with Crippen molar-refractivity contribution in [3.8, 4) is 5.75 Å². The lowest BCUT2D eigenvalue weighted by molar-refractivity contribution is 0.301. The Bertz CT molecular complexity index is 575. The minimum atomic E-state index is 0.528. The topological polar surface area (TPSA) is 37.4 Å². The summed E-state index contributed by atoms with van der Waals surface area (Å²) in [4.78, 5) is 6.27. The van der Waals surface area contributed by atoms with E-state index in [1.165, 1.54) is 0 Å². The normalized spacial score (nSPS) is 10.9. The van der Waals surface area contributed by atoms with Gasteiger partial charge in [0.05, 0.1) is 0 Å². The zero-order valence-corrected chi connectivity index (χ0v) is 14.6. The first-order valence-corrected chi connectivity index (χ1v) is 8.10. The van der Waals surface area contributed by atoms with Crippen molar-refractivity contribution in [1.29, 1.82) is 0 Å². The number of hydrogen-bond donors (Lipinski definition) is 1. The second-order valence-corrected chi connectivity index (χ2v) is 6.30. The number of rotatable bonds is 8. The summed E-state index contributed by atoms with van der Waals surface area (Å²) in [5.41, 5.74) is 2.22. The van der Waals surface area contributed by atoms with Crippen LogP contribution in [0.1, 0.15) is 11.1 Å². The molecule has 1 N–H and O–H groups in total. The van der Waals surface area contributed by atoms with Gasteiger partial charge in [-0.3, -0.25) is 4.98 Å². The van der Waals surface area contributed by atoms with Gasteiger partial charge in [-0.2, -0.15) is 0 Å². The van der Waals surface area contributed by atoms with Crippen molar-refractivity contribution in [3.63, 3.8) is 0 Å². The number of ether oxygens (including phenoxy) is 1. The average molecular weight is 364 g/mol. The van der Waals surface area contributed by atoms with Crippen LogP contribution < -0.4 is 10.1 Å². The van der Waals surface area contributed by atoms with E-state index < -0.39 is 0 Å². The van der Waals surface area contributed by atoms with E-state index in [0.717, 1.165) is 41.0 Å². The smallest absolute Gasteiger partial charge is 0.124 e. The van der Waals surface area contributed by atoms with Crippen LogP contribution in [0.3, 0.4) is 0 Å². The molecule has 0 amide bonds. The molecule has 0 radical (unpaired) electrons. The van der Waals surface area contributed by atoms with Crippen LogP contribution in [0.5, 0.6) is 5.75 Å². The second kappa shape index (κ2) is 8.88. The zero-order valence-electron chi connectivity index (χ0n) is 13.1. The van der Waals surface area contributed by atoms with Gasteiger partial charge in [0.15, 0.2) is 0 Å². The van der Waals surface area contributed by atoms with Crippen LogP contribution in [0.4, 0.5) is 0 Å². The Labute approximate surface area is 140 Å². The predicted molar refractivity (Wildman–Crippen MR) is 93.0 cm³/mol. The van der Waals surface area contributed by atoms with Crippen molar-refractivity contribution >= 4 is 15.9 Å². The maximum atomic E-state index is 5.95. The third-order valence-electron chi connectivity index (χ3n) is 3.19. The van der Waals surface area contributed by atoms with Crippen LogP contribution in [-0.4, -0.2) is 37.1 Å². The Kier molecular flexibility index (Phi) is 6.83. The van der Waals surface area contributed by atoms with Crippen molar-refractivity contribution in [2.24, 2.45) is 0 Å². The number of aromatic nitrogens is 1. The molecule has 2 rings (SSSR count). The van der Waals surface area contributed by atoms with E-state index in [-0.39, 0.29) is 0 Å². The summed E-state index contributed by atoms with van der Waals surface area (Å²) in [5, 5.41) is 3.44. The highest BCUT2D eigenvalue weighted by molar-refractivity contribution is 9.10. The van der Waals surface area contributed by atoms with Crippen LogP contribution in [0.2, 0.25) is 0 Å². The summed E-state index contributed by atoms with van der Waals surface area (Å²) in [6, 6.07) is 10.0. The monoisotopic (exact) mass is 363 g/mol. The molecule has 1 heterocycles. The van der Waals surface area contributed by atoms with Gasteiger partial charge >= 0.3 is 0 Å². The lowest BCUT2D eigenvalue weighted by atomic mass is 10.2. The molecule has 0 aliphatic carbocycles. The molecule has 1 aromatic heterocycles. The quantitative estimate of drug-likeness (QED) is 0.731. The minimum Gasteiger partial charge on any atom is -0.489 e.